The summed E-state index contributed by atoms with van der Waals surface area (Å²) in [5.74, 6) is -0.328. The van der Waals surface area contributed by atoms with Gasteiger partial charge in [0, 0.05) is 19.0 Å². The lowest BCUT2D eigenvalue weighted by Crippen LogP contribution is -2.68. The zero-order valence-electron chi connectivity index (χ0n) is 27.6. The topological polar surface area (TPSA) is 85.4 Å². The molecule has 1 amide bonds. The summed E-state index contributed by atoms with van der Waals surface area (Å²) >= 11 is 0. The molecule has 3 aromatic rings. The minimum Gasteiger partial charge on any atom is -0.442 e. The molecule has 8 nitrogen and oxygen atoms in total. The molecule has 5 rings (SSSR count). The fraction of sp³-hybridized carbons (Fsp3) is 0.457. The second kappa shape index (κ2) is 12.3. The normalized spacial score (nSPS) is 21.9. The fourth-order valence-electron chi connectivity index (χ4n) is 6.65. The number of amides is 1. The fourth-order valence-corrected chi connectivity index (χ4v) is 12.8. The minimum absolute atomic E-state index is 0.0998. The molecular weight excluding hydrogens is 605 g/mol. The minimum atomic E-state index is -3.81. The standard InChI is InChI=1S/C35H46N2O6SSi/c1-25-19-21-27(22-20-25)44(39,40)36-23-30-31(24-36)37(33(38)41-34(3,4)5)42-32(30)26(2)43-45(35(6,7)8,28-15-11-9-12-16-28)29-17-13-10-14-18-29/h9-22,26,30-32H,23-24H2,1-8H3/t26-,30+,31-,32+/m1/s1. The van der Waals surface area contributed by atoms with Crippen molar-refractivity contribution in [3.63, 3.8) is 0 Å². The van der Waals surface area contributed by atoms with Gasteiger partial charge in [0.15, 0.2) is 0 Å². The predicted molar refractivity (Wildman–Crippen MR) is 178 cm³/mol. The molecule has 45 heavy (non-hydrogen) atoms. The average molecular weight is 651 g/mol. The molecule has 2 fully saturated rings. The summed E-state index contributed by atoms with van der Waals surface area (Å²) in [6.07, 6.45) is -1.71. The summed E-state index contributed by atoms with van der Waals surface area (Å²) in [7, 11) is -6.78. The number of carbonyl (C=O) groups excluding carboxylic acids is 1. The third-order valence-corrected chi connectivity index (χ3v) is 15.7. The SMILES string of the molecule is Cc1ccc(S(=O)(=O)N2C[C@@H]3[C@H]([C@@H](C)O[Si](c4ccccc4)(c4ccccc4)C(C)(C)C)ON(C(=O)OC(C)(C)C)[C@@H]3C2)cc1. The van der Waals surface area contributed by atoms with Crippen LogP contribution in [0.5, 0.6) is 0 Å². The Morgan fingerprint density at radius 1 is 0.867 bits per heavy atom. The van der Waals surface area contributed by atoms with Gasteiger partial charge in [-0.1, -0.05) is 99.1 Å². The van der Waals surface area contributed by atoms with E-state index in [0.717, 1.165) is 15.9 Å². The predicted octanol–water partition coefficient (Wildman–Crippen LogP) is 5.50. The van der Waals surface area contributed by atoms with Crippen LogP contribution in [-0.4, -0.2) is 69.1 Å². The summed E-state index contributed by atoms with van der Waals surface area (Å²) in [5, 5.41) is 3.24. The molecule has 0 aromatic heterocycles. The summed E-state index contributed by atoms with van der Waals surface area (Å²) in [5.41, 5.74) is 0.225. The number of rotatable bonds is 7. The van der Waals surface area contributed by atoms with Crippen LogP contribution in [0.15, 0.2) is 89.8 Å². The van der Waals surface area contributed by atoms with Crippen LogP contribution in [0.25, 0.3) is 0 Å². The van der Waals surface area contributed by atoms with Crippen molar-refractivity contribution in [2.75, 3.05) is 13.1 Å². The highest BCUT2D eigenvalue weighted by molar-refractivity contribution is 7.89. The van der Waals surface area contributed by atoms with Crippen molar-refractivity contribution in [3.05, 3.63) is 90.5 Å². The molecule has 0 bridgehead atoms. The lowest BCUT2D eigenvalue weighted by molar-refractivity contribution is -0.171. The quantitative estimate of drug-likeness (QED) is 0.314. The van der Waals surface area contributed by atoms with Gasteiger partial charge in [0.05, 0.1) is 17.0 Å². The van der Waals surface area contributed by atoms with Gasteiger partial charge in [0.2, 0.25) is 10.0 Å². The van der Waals surface area contributed by atoms with Crippen LogP contribution in [0.3, 0.4) is 0 Å². The Bertz CT molecular complexity index is 1550. The van der Waals surface area contributed by atoms with Crippen molar-refractivity contribution in [1.29, 1.82) is 0 Å². The summed E-state index contributed by atoms with van der Waals surface area (Å²) < 4.78 is 42.2. The molecular formula is C35H46N2O6SSi. The number of hydrogen-bond acceptors (Lipinski definition) is 6. The number of ether oxygens (including phenoxy) is 1. The first-order valence-electron chi connectivity index (χ1n) is 15.6. The van der Waals surface area contributed by atoms with Crippen LogP contribution >= 0.6 is 0 Å². The van der Waals surface area contributed by atoms with Gasteiger partial charge in [-0.15, -0.1) is 0 Å². The molecule has 2 saturated heterocycles. The molecule has 0 aliphatic carbocycles. The Morgan fingerprint density at radius 2 is 1.40 bits per heavy atom. The van der Waals surface area contributed by atoms with E-state index in [4.69, 9.17) is 14.0 Å². The van der Waals surface area contributed by atoms with Gasteiger partial charge in [0.25, 0.3) is 8.32 Å². The highest BCUT2D eigenvalue weighted by Gasteiger charge is 2.58. The smallest absolute Gasteiger partial charge is 0.434 e. The zero-order valence-corrected chi connectivity index (χ0v) is 29.4. The molecule has 2 aliphatic heterocycles. The maximum absolute atomic E-state index is 13.8. The first-order chi connectivity index (χ1) is 21.0. The average Bonchev–Trinajstić information content (AvgIpc) is 3.56. The van der Waals surface area contributed by atoms with Crippen molar-refractivity contribution in [3.8, 4) is 0 Å². The molecule has 10 heteroatoms. The Balaban J connectivity index is 1.54. The molecule has 0 radical (unpaired) electrons. The molecule has 2 aliphatic rings. The van der Waals surface area contributed by atoms with Crippen molar-refractivity contribution in [1.82, 2.24) is 9.37 Å². The molecule has 0 saturated carbocycles. The largest absolute Gasteiger partial charge is 0.442 e. The molecule has 0 unspecified atom stereocenters. The Hall–Kier alpha value is -3.02. The van der Waals surface area contributed by atoms with E-state index in [1.54, 1.807) is 45.0 Å². The maximum Gasteiger partial charge on any atom is 0.434 e. The van der Waals surface area contributed by atoms with Crippen LogP contribution in [0, 0.1) is 12.8 Å². The van der Waals surface area contributed by atoms with E-state index in [1.807, 2.05) is 50.2 Å². The van der Waals surface area contributed by atoms with Crippen LogP contribution in [-0.2, 0) is 24.0 Å². The highest BCUT2D eigenvalue weighted by atomic mass is 32.2. The van der Waals surface area contributed by atoms with Gasteiger partial charge in [-0.3, -0.25) is 4.84 Å². The van der Waals surface area contributed by atoms with Gasteiger partial charge >= 0.3 is 6.09 Å². The van der Waals surface area contributed by atoms with E-state index in [0.29, 0.717) is 0 Å². The monoisotopic (exact) mass is 650 g/mol. The lowest BCUT2D eigenvalue weighted by atomic mass is 9.95. The van der Waals surface area contributed by atoms with E-state index >= 15 is 0 Å². The molecule has 0 N–H and O–H groups in total. The number of hydrogen-bond donors (Lipinski definition) is 0. The summed E-state index contributed by atoms with van der Waals surface area (Å²) in [6.45, 7) is 16.2. The van der Waals surface area contributed by atoms with Gasteiger partial charge in [-0.2, -0.15) is 9.37 Å². The van der Waals surface area contributed by atoms with Crippen molar-refractivity contribution in [2.24, 2.45) is 5.92 Å². The van der Waals surface area contributed by atoms with Crippen LogP contribution in [0.4, 0.5) is 4.79 Å². The van der Waals surface area contributed by atoms with Crippen LogP contribution in [0.2, 0.25) is 5.04 Å². The van der Waals surface area contributed by atoms with E-state index in [9.17, 15) is 13.2 Å². The first-order valence-corrected chi connectivity index (χ1v) is 18.9. The van der Waals surface area contributed by atoms with Crippen molar-refractivity contribution in [2.45, 2.75) is 89.2 Å². The molecule has 3 aromatic carbocycles. The molecule has 0 spiro atoms. The van der Waals surface area contributed by atoms with E-state index in [-0.39, 0.29) is 28.9 Å². The third kappa shape index (κ3) is 6.48. The number of nitrogens with zero attached hydrogens (tertiary/aromatic N) is 2. The maximum atomic E-state index is 13.8. The van der Waals surface area contributed by atoms with Crippen molar-refractivity contribution < 1.29 is 27.2 Å². The molecule has 2 heterocycles. The summed E-state index contributed by atoms with van der Waals surface area (Å²) in [4.78, 5) is 20.2. The lowest BCUT2D eigenvalue weighted by Gasteiger charge is -2.45. The number of aryl methyl sites for hydroxylation is 1. The Morgan fingerprint density at radius 3 is 1.89 bits per heavy atom. The van der Waals surface area contributed by atoms with Crippen LogP contribution in [0.1, 0.15) is 54.0 Å². The second-order valence-corrected chi connectivity index (χ2v) is 20.4. The second-order valence-electron chi connectivity index (χ2n) is 14.2. The number of benzene rings is 3. The molecule has 4 atom stereocenters. The van der Waals surface area contributed by atoms with Gasteiger partial charge < -0.3 is 9.16 Å². The van der Waals surface area contributed by atoms with E-state index < -0.39 is 48.3 Å². The number of hydroxylamine groups is 2. The number of fused-ring (bicyclic) bond motifs is 1. The van der Waals surface area contributed by atoms with Crippen molar-refractivity contribution >= 4 is 34.8 Å². The van der Waals surface area contributed by atoms with Gasteiger partial charge in [0.1, 0.15) is 11.7 Å². The Labute approximate surface area is 269 Å². The van der Waals surface area contributed by atoms with Gasteiger partial charge in [-0.25, -0.2) is 13.2 Å². The number of sulfonamides is 1. The first kappa shape index (κ1) is 33.3. The third-order valence-electron chi connectivity index (χ3n) is 8.73. The zero-order chi connectivity index (χ0) is 32.8. The van der Waals surface area contributed by atoms with E-state index in [2.05, 4.69) is 45.0 Å². The summed E-state index contributed by atoms with van der Waals surface area (Å²) in [6, 6.07) is 27.0. The van der Waals surface area contributed by atoms with Gasteiger partial charge in [-0.05, 0) is 62.2 Å². The molecule has 242 valence electrons. The van der Waals surface area contributed by atoms with E-state index in [1.165, 1.54) is 9.37 Å². The van der Waals surface area contributed by atoms with Crippen LogP contribution < -0.4 is 10.4 Å². The highest BCUT2D eigenvalue weighted by Crippen LogP contribution is 2.43. The number of carbonyl (C=O) groups is 1. The Kier molecular flexibility index (Phi) is 9.11.